The third-order valence-corrected chi connectivity index (χ3v) is 4.80. The first-order valence-electron chi connectivity index (χ1n) is 7.10. The van der Waals surface area contributed by atoms with E-state index in [2.05, 4.69) is 53.6 Å². The molecule has 2 heterocycles. The molecule has 118 valence electrons. The molecular formula is C17H10BrIN4O. The molecule has 0 aliphatic rings. The highest BCUT2D eigenvalue weighted by Gasteiger charge is 2.10. The Balaban J connectivity index is 1.84. The Morgan fingerprint density at radius 2 is 2.12 bits per heavy atom. The van der Waals surface area contributed by atoms with E-state index in [9.17, 15) is 4.79 Å². The SMILES string of the molecule is O=c1c2[nH]c3ccc(Br)cc3c2ncn1/N=C\c1cccc(I)c1. The second kappa shape index (κ2) is 6.14. The van der Waals surface area contributed by atoms with Gasteiger partial charge in [-0.3, -0.25) is 4.79 Å². The molecule has 0 radical (unpaired) electrons. The summed E-state index contributed by atoms with van der Waals surface area (Å²) in [5, 5.41) is 5.15. The monoisotopic (exact) mass is 492 g/mol. The van der Waals surface area contributed by atoms with E-state index in [1.54, 1.807) is 6.21 Å². The Morgan fingerprint density at radius 1 is 1.25 bits per heavy atom. The average molecular weight is 493 g/mol. The lowest BCUT2D eigenvalue weighted by Crippen LogP contribution is -2.17. The molecule has 1 N–H and O–H groups in total. The number of halogens is 2. The van der Waals surface area contributed by atoms with Crippen LogP contribution >= 0.6 is 38.5 Å². The van der Waals surface area contributed by atoms with Gasteiger partial charge in [0.1, 0.15) is 17.4 Å². The van der Waals surface area contributed by atoms with Crippen LogP contribution in [0.15, 0.2) is 63.2 Å². The van der Waals surface area contributed by atoms with Gasteiger partial charge in [-0.25, -0.2) is 4.98 Å². The minimum absolute atomic E-state index is 0.228. The molecule has 4 aromatic rings. The Bertz CT molecular complexity index is 1160. The maximum Gasteiger partial charge on any atom is 0.298 e. The zero-order chi connectivity index (χ0) is 16.7. The van der Waals surface area contributed by atoms with E-state index >= 15 is 0 Å². The van der Waals surface area contributed by atoms with Gasteiger partial charge in [0.05, 0.1) is 6.21 Å². The van der Waals surface area contributed by atoms with Gasteiger partial charge in [-0.05, 0) is 58.5 Å². The third kappa shape index (κ3) is 2.78. The van der Waals surface area contributed by atoms with Gasteiger partial charge in [0, 0.05) is 18.9 Å². The van der Waals surface area contributed by atoms with Crippen molar-refractivity contribution in [3.05, 3.63) is 72.8 Å². The van der Waals surface area contributed by atoms with Crippen molar-refractivity contribution in [3.8, 4) is 0 Å². The molecule has 0 bridgehead atoms. The van der Waals surface area contributed by atoms with Gasteiger partial charge in [0.2, 0.25) is 0 Å². The van der Waals surface area contributed by atoms with Crippen molar-refractivity contribution in [2.45, 2.75) is 0 Å². The summed E-state index contributed by atoms with van der Waals surface area (Å²) in [6, 6.07) is 13.7. The standard InChI is InChI=1S/C17H10BrIN4O/c18-11-4-5-14-13(7-11)15-16(22-14)17(24)23(9-20-15)21-8-10-2-1-3-12(19)6-10/h1-9,22H/b21-8-. The zero-order valence-corrected chi connectivity index (χ0v) is 15.9. The summed E-state index contributed by atoms with van der Waals surface area (Å²) < 4.78 is 3.30. The molecule has 0 aliphatic carbocycles. The van der Waals surface area contributed by atoms with E-state index in [1.807, 2.05) is 42.5 Å². The van der Waals surface area contributed by atoms with Crippen LogP contribution in [0.2, 0.25) is 0 Å². The van der Waals surface area contributed by atoms with E-state index in [0.717, 1.165) is 24.5 Å². The lowest BCUT2D eigenvalue weighted by Gasteiger charge is -1.98. The fourth-order valence-electron chi connectivity index (χ4n) is 2.52. The molecule has 7 heteroatoms. The molecular weight excluding hydrogens is 483 g/mol. The summed E-state index contributed by atoms with van der Waals surface area (Å²) in [7, 11) is 0. The smallest absolute Gasteiger partial charge is 0.298 e. The Kier molecular flexibility index (Phi) is 3.97. The Labute approximate surface area is 158 Å². The quantitative estimate of drug-likeness (QED) is 0.338. The molecule has 0 saturated heterocycles. The number of hydrogen-bond donors (Lipinski definition) is 1. The van der Waals surface area contributed by atoms with E-state index < -0.39 is 0 Å². The van der Waals surface area contributed by atoms with Crippen molar-refractivity contribution >= 4 is 66.7 Å². The summed E-state index contributed by atoms with van der Waals surface area (Å²) in [5.41, 5.74) is 2.67. The average Bonchev–Trinajstić information content (AvgIpc) is 2.93. The minimum Gasteiger partial charge on any atom is -0.349 e. The normalized spacial score (nSPS) is 11.8. The summed E-state index contributed by atoms with van der Waals surface area (Å²) in [5.74, 6) is 0. The van der Waals surface area contributed by atoms with Crippen molar-refractivity contribution in [2.24, 2.45) is 5.10 Å². The predicted octanol–water partition coefficient (Wildman–Crippen LogP) is 4.13. The van der Waals surface area contributed by atoms with Gasteiger partial charge in [0.25, 0.3) is 5.56 Å². The summed E-state index contributed by atoms with van der Waals surface area (Å²) in [6.07, 6.45) is 3.10. The minimum atomic E-state index is -0.228. The molecule has 2 aromatic carbocycles. The first-order chi connectivity index (χ1) is 11.6. The number of H-pyrrole nitrogens is 1. The van der Waals surface area contributed by atoms with Crippen LogP contribution in [-0.2, 0) is 0 Å². The molecule has 0 amide bonds. The number of nitrogens with zero attached hydrogens (tertiary/aromatic N) is 3. The van der Waals surface area contributed by atoms with Gasteiger partial charge in [-0.15, -0.1) is 0 Å². The van der Waals surface area contributed by atoms with Crippen LogP contribution in [0.4, 0.5) is 0 Å². The van der Waals surface area contributed by atoms with Crippen molar-refractivity contribution < 1.29 is 0 Å². The van der Waals surface area contributed by atoms with E-state index in [-0.39, 0.29) is 5.56 Å². The van der Waals surface area contributed by atoms with Gasteiger partial charge in [0.15, 0.2) is 0 Å². The van der Waals surface area contributed by atoms with Crippen molar-refractivity contribution in [2.75, 3.05) is 0 Å². The van der Waals surface area contributed by atoms with Crippen molar-refractivity contribution in [1.29, 1.82) is 0 Å². The maximum absolute atomic E-state index is 12.6. The van der Waals surface area contributed by atoms with Crippen LogP contribution in [-0.4, -0.2) is 20.9 Å². The molecule has 0 saturated carbocycles. The molecule has 24 heavy (non-hydrogen) atoms. The summed E-state index contributed by atoms with van der Waals surface area (Å²) in [4.78, 5) is 20.2. The van der Waals surface area contributed by atoms with Crippen LogP contribution in [0.1, 0.15) is 5.56 Å². The van der Waals surface area contributed by atoms with Crippen molar-refractivity contribution in [3.63, 3.8) is 0 Å². The predicted molar refractivity (Wildman–Crippen MR) is 108 cm³/mol. The summed E-state index contributed by atoms with van der Waals surface area (Å²) in [6.45, 7) is 0. The van der Waals surface area contributed by atoms with Gasteiger partial charge >= 0.3 is 0 Å². The first-order valence-corrected chi connectivity index (χ1v) is 8.97. The molecule has 2 aromatic heterocycles. The van der Waals surface area contributed by atoms with Crippen LogP contribution < -0.4 is 5.56 Å². The molecule has 0 fully saturated rings. The molecule has 0 aliphatic heterocycles. The van der Waals surface area contributed by atoms with E-state index in [0.29, 0.717) is 11.0 Å². The number of hydrogen-bond acceptors (Lipinski definition) is 3. The van der Waals surface area contributed by atoms with Crippen LogP contribution in [0, 0.1) is 3.57 Å². The van der Waals surface area contributed by atoms with Gasteiger partial charge in [-0.1, -0.05) is 28.1 Å². The second-order valence-corrected chi connectivity index (χ2v) is 7.39. The largest absolute Gasteiger partial charge is 0.349 e. The number of fused-ring (bicyclic) bond motifs is 3. The molecule has 4 rings (SSSR count). The van der Waals surface area contributed by atoms with Crippen LogP contribution in [0.5, 0.6) is 0 Å². The second-order valence-electron chi connectivity index (χ2n) is 5.23. The topological polar surface area (TPSA) is 63.0 Å². The number of aromatic nitrogens is 3. The number of benzene rings is 2. The van der Waals surface area contributed by atoms with Gasteiger partial charge < -0.3 is 4.98 Å². The Hall–Kier alpha value is -2.00. The van der Waals surface area contributed by atoms with Crippen molar-refractivity contribution in [1.82, 2.24) is 14.6 Å². The fourth-order valence-corrected chi connectivity index (χ4v) is 3.44. The lowest BCUT2D eigenvalue weighted by atomic mass is 10.2. The zero-order valence-electron chi connectivity index (χ0n) is 12.2. The molecule has 5 nitrogen and oxygen atoms in total. The van der Waals surface area contributed by atoms with Crippen LogP contribution in [0.25, 0.3) is 21.9 Å². The molecule has 0 atom stereocenters. The third-order valence-electron chi connectivity index (χ3n) is 3.63. The first kappa shape index (κ1) is 15.5. The van der Waals surface area contributed by atoms with Crippen LogP contribution in [0.3, 0.4) is 0 Å². The highest BCUT2D eigenvalue weighted by Crippen LogP contribution is 2.24. The molecule has 0 unspecified atom stereocenters. The summed E-state index contributed by atoms with van der Waals surface area (Å²) >= 11 is 5.68. The number of nitrogens with one attached hydrogen (secondary N) is 1. The lowest BCUT2D eigenvalue weighted by molar-refractivity contribution is 0.815. The van der Waals surface area contributed by atoms with Gasteiger partial charge in [-0.2, -0.15) is 9.78 Å². The molecule has 0 spiro atoms. The van der Waals surface area contributed by atoms with E-state index in [4.69, 9.17) is 0 Å². The highest BCUT2D eigenvalue weighted by atomic mass is 127. The number of aromatic amines is 1. The highest BCUT2D eigenvalue weighted by molar-refractivity contribution is 14.1. The number of rotatable bonds is 2. The maximum atomic E-state index is 12.6. The fraction of sp³-hybridized carbons (Fsp3) is 0. The van der Waals surface area contributed by atoms with E-state index in [1.165, 1.54) is 11.0 Å². The Morgan fingerprint density at radius 3 is 2.96 bits per heavy atom.